The number of hydrogen-bond donors (Lipinski definition) is 1. The fraction of sp³-hybridized carbons (Fsp3) is 0.118. The Hall–Kier alpha value is -2.80. The molecule has 6 nitrogen and oxygen atoms in total. The predicted octanol–water partition coefficient (Wildman–Crippen LogP) is 2.15. The number of carboxylic acids is 1. The SMILES string of the molecule is Cc1ccc(/C=C2/SC(=Nc3cc(C(=O)[O-])ccc3C)NC2=O)o1. The molecule has 0 atom stereocenters. The molecule has 0 unspecified atom stereocenters. The van der Waals surface area contributed by atoms with Crippen LogP contribution in [0.25, 0.3) is 6.08 Å². The van der Waals surface area contributed by atoms with E-state index in [2.05, 4.69) is 10.3 Å². The lowest BCUT2D eigenvalue weighted by atomic mass is 10.1. The Morgan fingerprint density at radius 3 is 2.75 bits per heavy atom. The number of benzene rings is 1. The standard InChI is InChI=1S/C17H14N2O4S/c1-9-3-5-11(16(21)22)7-13(9)18-17-19-15(20)14(24-17)8-12-6-4-10(2)23-12/h3-8H,1-2H3,(H,21,22)(H,18,19,20)/p-1/b14-8+. The predicted molar refractivity (Wildman–Crippen MR) is 89.8 cm³/mol. The second-order valence-electron chi connectivity index (χ2n) is 5.22. The Morgan fingerprint density at radius 2 is 2.08 bits per heavy atom. The van der Waals surface area contributed by atoms with Crippen LogP contribution >= 0.6 is 11.8 Å². The highest BCUT2D eigenvalue weighted by Crippen LogP contribution is 2.29. The number of nitrogens with one attached hydrogen (secondary N) is 1. The average molecular weight is 341 g/mol. The van der Waals surface area contributed by atoms with Crippen LogP contribution in [0.15, 0.2) is 44.6 Å². The quantitative estimate of drug-likeness (QED) is 0.863. The topological polar surface area (TPSA) is 94.7 Å². The molecule has 1 aliphatic heterocycles. The average Bonchev–Trinajstić information content (AvgIpc) is 3.08. The molecule has 122 valence electrons. The van der Waals surface area contributed by atoms with Crippen LogP contribution in [0.4, 0.5) is 5.69 Å². The molecule has 0 saturated carbocycles. The summed E-state index contributed by atoms with van der Waals surface area (Å²) in [7, 11) is 0. The van der Waals surface area contributed by atoms with Gasteiger partial charge in [-0.2, -0.15) is 0 Å². The molecule has 0 spiro atoms. The molecule has 0 bridgehead atoms. The molecule has 1 aliphatic rings. The van der Waals surface area contributed by atoms with Crippen molar-refractivity contribution in [3.8, 4) is 0 Å². The van der Waals surface area contributed by atoms with Crippen LogP contribution in [0.3, 0.4) is 0 Å². The number of hydrogen-bond acceptors (Lipinski definition) is 6. The van der Waals surface area contributed by atoms with Crippen molar-refractivity contribution in [1.82, 2.24) is 5.32 Å². The molecule has 1 N–H and O–H groups in total. The summed E-state index contributed by atoms with van der Waals surface area (Å²) >= 11 is 1.17. The lowest BCUT2D eigenvalue weighted by Gasteiger charge is -2.06. The minimum atomic E-state index is -1.27. The number of carboxylic acid groups (broad SMARTS) is 1. The molecular weight excluding hydrogens is 328 g/mol. The minimum Gasteiger partial charge on any atom is -0.545 e. The summed E-state index contributed by atoms with van der Waals surface area (Å²) in [5, 5.41) is 14.0. The van der Waals surface area contributed by atoms with Gasteiger partial charge in [-0.1, -0.05) is 12.1 Å². The zero-order valence-electron chi connectivity index (χ0n) is 13.0. The van der Waals surface area contributed by atoms with Crippen molar-refractivity contribution in [1.29, 1.82) is 0 Å². The van der Waals surface area contributed by atoms with Crippen LogP contribution in [-0.4, -0.2) is 17.0 Å². The molecule has 0 aliphatic carbocycles. The van der Waals surface area contributed by atoms with E-state index in [1.54, 1.807) is 18.2 Å². The van der Waals surface area contributed by atoms with Gasteiger partial charge < -0.3 is 19.6 Å². The van der Waals surface area contributed by atoms with Gasteiger partial charge in [-0.05, 0) is 54.9 Å². The minimum absolute atomic E-state index is 0.0381. The summed E-state index contributed by atoms with van der Waals surface area (Å²) in [6, 6.07) is 8.11. The number of aryl methyl sites for hydroxylation is 2. The first kappa shape index (κ1) is 16.1. The number of carbonyl (C=O) groups excluding carboxylic acids is 2. The van der Waals surface area contributed by atoms with E-state index in [0.717, 1.165) is 11.3 Å². The Morgan fingerprint density at radius 1 is 1.29 bits per heavy atom. The number of aliphatic imine (C=N–C) groups is 1. The third-order valence-corrected chi connectivity index (χ3v) is 4.26. The number of rotatable bonds is 3. The second-order valence-corrected chi connectivity index (χ2v) is 6.25. The summed E-state index contributed by atoms with van der Waals surface area (Å²) in [6.45, 7) is 3.63. The Bertz CT molecular complexity index is 896. The van der Waals surface area contributed by atoms with E-state index in [4.69, 9.17) is 4.42 Å². The van der Waals surface area contributed by atoms with Crippen molar-refractivity contribution in [2.24, 2.45) is 4.99 Å². The molecule has 3 rings (SSSR count). The molecule has 2 aromatic rings. The molecule has 2 heterocycles. The van der Waals surface area contributed by atoms with Crippen LogP contribution < -0.4 is 10.4 Å². The fourth-order valence-electron chi connectivity index (χ4n) is 2.11. The fourth-order valence-corrected chi connectivity index (χ4v) is 2.92. The number of furan rings is 1. The van der Waals surface area contributed by atoms with Crippen molar-refractivity contribution in [2.45, 2.75) is 13.8 Å². The normalized spacial score (nSPS) is 17.5. The van der Waals surface area contributed by atoms with Gasteiger partial charge in [-0.3, -0.25) is 4.79 Å². The summed E-state index contributed by atoms with van der Waals surface area (Å²) in [6.07, 6.45) is 1.64. The highest BCUT2D eigenvalue weighted by atomic mass is 32.2. The lowest BCUT2D eigenvalue weighted by molar-refractivity contribution is -0.255. The van der Waals surface area contributed by atoms with Crippen LogP contribution in [0.2, 0.25) is 0 Å². The van der Waals surface area contributed by atoms with Gasteiger partial charge in [-0.15, -0.1) is 0 Å². The Labute approximate surface area is 142 Å². The maximum atomic E-state index is 12.0. The number of nitrogens with zero attached hydrogens (tertiary/aromatic N) is 1. The number of amides is 1. The maximum absolute atomic E-state index is 12.0. The van der Waals surface area contributed by atoms with Crippen molar-refractivity contribution in [2.75, 3.05) is 0 Å². The zero-order valence-corrected chi connectivity index (χ0v) is 13.8. The summed E-state index contributed by atoms with van der Waals surface area (Å²) < 4.78 is 5.43. The Balaban J connectivity index is 1.88. The first-order valence-electron chi connectivity index (χ1n) is 7.10. The van der Waals surface area contributed by atoms with E-state index in [0.29, 0.717) is 21.5 Å². The summed E-state index contributed by atoms with van der Waals surface area (Å²) in [5.74, 6) is -0.203. The third kappa shape index (κ3) is 3.41. The van der Waals surface area contributed by atoms with Crippen LogP contribution in [0, 0.1) is 13.8 Å². The van der Waals surface area contributed by atoms with Gasteiger partial charge >= 0.3 is 0 Å². The van der Waals surface area contributed by atoms with E-state index in [-0.39, 0.29) is 11.5 Å². The molecule has 1 amide bonds. The smallest absolute Gasteiger partial charge is 0.264 e. The third-order valence-electron chi connectivity index (χ3n) is 3.35. The van der Waals surface area contributed by atoms with Crippen molar-refractivity contribution in [3.63, 3.8) is 0 Å². The monoisotopic (exact) mass is 341 g/mol. The number of carbonyl (C=O) groups is 2. The molecule has 24 heavy (non-hydrogen) atoms. The highest BCUT2D eigenvalue weighted by Gasteiger charge is 2.24. The Kier molecular flexibility index (Phi) is 4.26. The molecule has 1 aromatic carbocycles. The van der Waals surface area contributed by atoms with E-state index >= 15 is 0 Å². The zero-order chi connectivity index (χ0) is 17.3. The summed E-state index contributed by atoms with van der Waals surface area (Å²) in [4.78, 5) is 27.8. The molecule has 1 aromatic heterocycles. The van der Waals surface area contributed by atoms with Gasteiger partial charge in [-0.25, -0.2) is 4.99 Å². The van der Waals surface area contributed by atoms with Gasteiger partial charge in [0.25, 0.3) is 5.91 Å². The van der Waals surface area contributed by atoms with Crippen LogP contribution in [0.5, 0.6) is 0 Å². The number of thioether (sulfide) groups is 1. The molecule has 1 saturated heterocycles. The lowest BCUT2D eigenvalue weighted by Crippen LogP contribution is -2.22. The summed E-state index contributed by atoms with van der Waals surface area (Å²) in [5.41, 5.74) is 1.30. The van der Waals surface area contributed by atoms with Gasteiger partial charge in [0.2, 0.25) is 0 Å². The van der Waals surface area contributed by atoms with Crippen LogP contribution in [-0.2, 0) is 4.79 Å². The van der Waals surface area contributed by atoms with Crippen molar-refractivity contribution in [3.05, 3.63) is 57.9 Å². The van der Waals surface area contributed by atoms with E-state index in [1.807, 2.05) is 19.9 Å². The van der Waals surface area contributed by atoms with Crippen molar-refractivity contribution < 1.29 is 19.1 Å². The van der Waals surface area contributed by atoms with Gasteiger partial charge in [0.1, 0.15) is 11.5 Å². The van der Waals surface area contributed by atoms with E-state index in [9.17, 15) is 14.7 Å². The molecule has 1 fully saturated rings. The van der Waals surface area contributed by atoms with Gasteiger partial charge in [0, 0.05) is 6.08 Å². The van der Waals surface area contributed by atoms with Gasteiger partial charge in [0.05, 0.1) is 16.6 Å². The largest absolute Gasteiger partial charge is 0.545 e. The van der Waals surface area contributed by atoms with Crippen molar-refractivity contribution >= 4 is 40.6 Å². The first-order valence-corrected chi connectivity index (χ1v) is 7.92. The van der Waals surface area contributed by atoms with E-state index in [1.165, 1.54) is 23.9 Å². The first-order chi connectivity index (χ1) is 11.4. The van der Waals surface area contributed by atoms with Gasteiger partial charge in [0.15, 0.2) is 5.17 Å². The maximum Gasteiger partial charge on any atom is 0.264 e. The van der Waals surface area contributed by atoms with Crippen LogP contribution in [0.1, 0.15) is 27.4 Å². The van der Waals surface area contributed by atoms with E-state index < -0.39 is 5.97 Å². The molecule has 7 heteroatoms. The number of amidine groups is 1. The second kappa shape index (κ2) is 6.37. The molecule has 0 radical (unpaired) electrons. The number of aromatic carboxylic acids is 1. The molecular formula is C17H13N2O4S-. The highest BCUT2D eigenvalue weighted by molar-refractivity contribution is 8.18.